The zero-order valence-electron chi connectivity index (χ0n) is 14.2. The van der Waals surface area contributed by atoms with Gasteiger partial charge in [0.05, 0.1) is 4.90 Å². The molecule has 2 nitrogen and oxygen atoms in total. The molecule has 0 heterocycles. The Kier molecular flexibility index (Phi) is 3.84. The molecule has 1 spiro atoms. The molecule has 0 aromatic heterocycles. The minimum atomic E-state index is -3.16. The summed E-state index contributed by atoms with van der Waals surface area (Å²) in [6.45, 7) is 0. The van der Waals surface area contributed by atoms with E-state index in [1.54, 1.807) is 24.3 Å². The average Bonchev–Trinajstić information content (AvgIpc) is 3.03. The van der Waals surface area contributed by atoms with Gasteiger partial charge in [-0.25, -0.2) is 12.8 Å². The van der Waals surface area contributed by atoms with E-state index in [1.807, 2.05) is 24.3 Å². The molecule has 2 aromatic rings. The normalized spacial score (nSPS) is 25.7. The number of allylic oxidation sites excluding steroid dienone is 2. The topological polar surface area (TPSA) is 34.1 Å². The van der Waals surface area contributed by atoms with Crippen LogP contribution < -0.4 is 0 Å². The second-order valence-electron chi connectivity index (χ2n) is 7.41. The van der Waals surface area contributed by atoms with Gasteiger partial charge in [0.1, 0.15) is 5.82 Å². The van der Waals surface area contributed by atoms with Crippen molar-refractivity contribution in [3.63, 3.8) is 0 Å². The van der Waals surface area contributed by atoms with Gasteiger partial charge in [-0.2, -0.15) is 0 Å². The molecule has 2 atom stereocenters. The summed E-state index contributed by atoms with van der Waals surface area (Å²) in [6.07, 6.45) is 7.92. The van der Waals surface area contributed by atoms with Crippen molar-refractivity contribution in [2.75, 3.05) is 6.26 Å². The van der Waals surface area contributed by atoms with Gasteiger partial charge < -0.3 is 0 Å². The van der Waals surface area contributed by atoms with Crippen molar-refractivity contribution in [3.05, 3.63) is 71.6 Å². The monoisotopic (exact) mass is 356 g/mol. The van der Waals surface area contributed by atoms with Crippen molar-refractivity contribution in [2.45, 2.75) is 36.5 Å². The maximum absolute atomic E-state index is 13.2. The third-order valence-corrected chi connectivity index (χ3v) is 7.02. The van der Waals surface area contributed by atoms with Gasteiger partial charge in [-0.1, -0.05) is 30.3 Å². The Hall–Kier alpha value is -1.94. The Morgan fingerprint density at radius 1 is 1.04 bits per heavy atom. The first-order chi connectivity index (χ1) is 11.9. The molecule has 0 aliphatic heterocycles. The minimum Gasteiger partial charge on any atom is -0.224 e. The summed E-state index contributed by atoms with van der Waals surface area (Å²) in [7, 11) is -3.16. The Bertz CT molecular complexity index is 927. The molecule has 4 rings (SSSR count). The van der Waals surface area contributed by atoms with Crippen molar-refractivity contribution in [3.8, 4) is 0 Å². The molecule has 0 bridgehead atoms. The standard InChI is InChI=1S/C21H21FO2S/c1-25(23,24)19-8-4-15(5-9-19)17-10-12-21(14-17)13-11-20(21)16-2-6-18(22)7-3-16/h2-10,20H,11-14H2,1H3. The lowest BCUT2D eigenvalue weighted by atomic mass is 9.56. The summed E-state index contributed by atoms with van der Waals surface area (Å²) >= 11 is 0. The molecule has 0 saturated heterocycles. The predicted molar refractivity (Wildman–Crippen MR) is 97.6 cm³/mol. The zero-order valence-corrected chi connectivity index (χ0v) is 15.0. The van der Waals surface area contributed by atoms with Crippen LogP contribution >= 0.6 is 0 Å². The van der Waals surface area contributed by atoms with Crippen LogP contribution in [0.1, 0.15) is 42.7 Å². The maximum Gasteiger partial charge on any atom is 0.175 e. The molecular formula is C21H21FO2S. The van der Waals surface area contributed by atoms with Crippen LogP contribution in [-0.2, 0) is 9.84 Å². The van der Waals surface area contributed by atoms with Crippen LogP contribution in [0.4, 0.5) is 4.39 Å². The van der Waals surface area contributed by atoms with Crippen molar-refractivity contribution in [2.24, 2.45) is 5.41 Å². The van der Waals surface area contributed by atoms with Gasteiger partial charge >= 0.3 is 0 Å². The lowest BCUT2D eigenvalue weighted by Gasteiger charge is -2.48. The SMILES string of the molecule is CS(=O)(=O)c1ccc(C2=CCC3(CCC3c3ccc(F)cc3)C2)cc1. The van der Waals surface area contributed by atoms with E-state index >= 15 is 0 Å². The van der Waals surface area contributed by atoms with Crippen LogP contribution in [0.3, 0.4) is 0 Å². The minimum absolute atomic E-state index is 0.187. The smallest absolute Gasteiger partial charge is 0.175 e. The van der Waals surface area contributed by atoms with Crippen molar-refractivity contribution in [1.29, 1.82) is 0 Å². The summed E-state index contributed by atoms with van der Waals surface area (Å²) in [5, 5.41) is 0. The van der Waals surface area contributed by atoms with Crippen molar-refractivity contribution in [1.82, 2.24) is 0 Å². The highest BCUT2D eigenvalue weighted by Crippen LogP contribution is 2.62. The van der Waals surface area contributed by atoms with E-state index in [-0.39, 0.29) is 11.2 Å². The van der Waals surface area contributed by atoms with Gasteiger partial charge in [0.15, 0.2) is 9.84 Å². The van der Waals surface area contributed by atoms with Crippen LogP contribution in [0.25, 0.3) is 5.57 Å². The van der Waals surface area contributed by atoms with Crippen LogP contribution in [0.5, 0.6) is 0 Å². The lowest BCUT2D eigenvalue weighted by Crippen LogP contribution is -2.36. The van der Waals surface area contributed by atoms with E-state index in [0.29, 0.717) is 10.8 Å². The molecule has 2 aromatic carbocycles. The fraction of sp³-hybridized carbons (Fsp3) is 0.333. The van der Waals surface area contributed by atoms with E-state index in [1.165, 1.54) is 23.8 Å². The Labute approximate surface area is 148 Å². The molecule has 2 aliphatic rings. The first-order valence-corrected chi connectivity index (χ1v) is 10.5. The molecule has 1 saturated carbocycles. The van der Waals surface area contributed by atoms with Crippen LogP contribution in [0.2, 0.25) is 0 Å². The maximum atomic E-state index is 13.2. The summed E-state index contributed by atoms with van der Waals surface area (Å²) in [5.41, 5.74) is 3.89. The van der Waals surface area contributed by atoms with Gasteiger partial charge in [0.2, 0.25) is 0 Å². The van der Waals surface area contributed by atoms with E-state index in [0.717, 1.165) is 24.8 Å². The Balaban J connectivity index is 1.53. The highest BCUT2D eigenvalue weighted by atomic mass is 32.2. The third kappa shape index (κ3) is 2.93. The third-order valence-electron chi connectivity index (χ3n) is 5.89. The number of rotatable bonds is 3. The van der Waals surface area contributed by atoms with Crippen molar-refractivity contribution >= 4 is 15.4 Å². The van der Waals surface area contributed by atoms with E-state index in [4.69, 9.17) is 0 Å². The van der Waals surface area contributed by atoms with Gasteiger partial charge in [-0.05, 0) is 78.0 Å². The molecule has 2 unspecified atom stereocenters. The van der Waals surface area contributed by atoms with E-state index in [9.17, 15) is 12.8 Å². The first-order valence-electron chi connectivity index (χ1n) is 8.62. The molecular weight excluding hydrogens is 335 g/mol. The molecule has 0 amide bonds. The second kappa shape index (κ2) is 5.80. The van der Waals surface area contributed by atoms with Gasteiger partial charge in [-0.3, -0.25) is 0 Å². The summed E-state index contributed by atoms with van der Waals surface area (Å²) < 4.78 is 36.4. The number of sulfone groups is 1. The fourth-order valence-corrected chi connectivity index (χ4v) is 4.98. The average molecular weight is 356 g/mol. The molecule has 0 radical (unpaired) electrons. The van der Waals surface area contributed by atoms with Gasteiger partial charge in [0.25, 0.3) is 0 Å². The quantitative estimate of drug-likeness (QED) is 0.778. The summed E-state index contributed by atoms with van der Waals surface area (Å²) in [4.78, 5) is 0.359. The molecule has 0 N–H and O–H groups in total. The highest BCUT2D eigenvalue weighted by Gasteiger charge is 2.49. The number of benzene rings is 2. The van der Waals surface area contributed by atoms with Crippen LogP contribution in [0, 0.1) is 11.2 Å². The van der Waals surface area contributed by atoms with Crippen LogP contribution in [0.15, 0.2) is 59.5 Å². The first kappa shape index (κ1) is 16.5. The van der Waals surface area contributed by atoms with Crippen LogP contribution in [-0.4, -0.2) is 14.7 Å². The molecule has 2 aliphatic carbocycles. The zero-order chi connectivity index (χ0) is 17.7. The molecule has 1 fully saturated rings. The Morgan fingerprint density at radius 3 is 2.28 bits per heavy atom. The molecule has 4 heteroatoms. The molecule has 25 heavy (non-hydrogen) atoms. The highest BCUT2D eigenvalue weighted by molar-refractivity contribution is 7.90. The number of halogens is 1. The number of hydrogen-bond acceptors (Lipinski definition) is 2. The predicted octanol–water partition coefficient (Wildman–Crippen LogP) is 4.97. The van der Waals surface area contributed by atoms with E-state index in [2.05, 4.69) is 6.08 Å². The second-order valence-corrected chi connectivity index (χ2v) is 9.43. The largest absolute Gasteiger partial charge is 0.224 e. The summed E-state index contributed by atoms with van der Waals surface area (Å²) in [5.74, 6) is 0.297. The molecule has 130 valence electrons. The summed E-state index contributed by atoms with van der Waals surface area (Å²) in [6, 6.07) is 14.1. The number of hydrogen-bond donors (Lipinski definition) is 0. The Morgan fingerprint density at radius 2 is 1.72 bits per heavy atom. The van der Waals surface area contributed by atoms with Gasteiger partial charge in [-0.15, -0.1) is 0 Å². The fourth-order valence-electron chi connectivity index (χ4n) is 4.35. The van der Waals surface area contributed by atoms with E-state index < -0.39 is 9.84 Å². The lowest BCUT2D eigenvalue weighted by molar-refractivity contribution is 0.108. The van der Waals surface area contributed by atoms with Crippen molar-refractivity contribution < 1.29 is 12.8 Å². The van der Waals surface area contributed by atoms with Gasteiger partial charge in [0, 0.05) is 6.26 Å².